The largest absolute Gasteiger partial charge is 0.261 e. The molecule has 0 spiro atoms. The molecule has 0 aliphatic heterocycles. The van der Waals surface area contributed by atoms with E-state index in [9.17, 15) is 4.39 Å². The lowest BCUT2D eigenvalue weighted by Crippen LogP contribution is -1.87. The second kappa shape index (κ2) is 3.52. The van der Waals surface area contributed by atoms with Gasteiger partial charge < -0.3 is 0 Å². The smallest absolute Gasteiger partial charge is 0.131 e. The quantitative estimate of drug-likeness (QED) is 0.524. The van der Waals surface area contributed by atoms with Gasteiger partial charge in [0, 0.05) is 22.7 Å². The van der Waals surface area contributed by atoms with Gasteiger partial charge in [0.25, 0.3) is 0 Å². The molecule has 2 heteroatoms. The minimum Gasteiger partial charge on any atom is -0.261 e. The van der Waals surface area contributed by atoms with Crippen molar-refractivity contribution < 1.29 is 4.39 Å². The van der Waals surface area contributed by atoms with Crippen LogP contribution in [0.4, 0.5) is 4.39 Å². The van der Waals surface area contributed by atoms with E-state index in [1.807, 2.05) is 38.1 Å². The van der Waals surface area contributed by atoms with Crippen molar-refractivity contribution in [2.75, 3.05) is 0 Å². The van der Waals surface area contributed by atoms with Crippen molar-refractivity contribution in [3.05, 3.63) is 53.6 Å². The fraction of sp³-hybridized carbons (Fsp3) is 0.133. The zero-order valence-electron chi connectivity index (χ0n) is 9.79. The molecule has 0 atom stereocenters. The number of aromatic nitrogens is 1. The average molecular weight is 225 g/mol. The normalized spacial score (nSPS) is 11.2. The van der Waals surface area contributed by atoms with Gasteiger partial charge in [-0.3, -0.25) is 4.98 Å². The lowest BCUT2D eigenvalue weighted by atomic mass is 10.0. The van der Waals surface area contributed by atoms with Gasteiger partial charge in [-0.15, -0.1) is 0 Å². The van der Waals surface area contributed by atoms with Crippen LogP contribution in [-0.4, -0.2) is 4.98 Å². The highest BCUT2D eigenvalue weighted by Crippen LogP contribution is 2.28. The fourth-order valence-corrected chi connectivity index (χ4v) is 2.29. The first-order chi connectivity index (χ1) is 8.15. The Morgan fingerprint density at radius 1 is 1.00 bits per heavy atom. The molecule has 3 rings (SSSR count). The fourth-order valence-electron chi connectivity index (χ4n) is 2.29. The SMILES string of the molecule is Cc1cc(F)c2c(ccc3cc(C)ncc32)c1. The first kappa shape index (κ1) is 10.2. The van der Waals surface area contributed by atoms with Crippen molar-refractivity contribution in [1.82, 2.24) is 4.98 Å². The number of benzene rings is 2. The molecule has 0 aliphatic rings. The molecule has 17 heavy (non-hydrogen) atoms. The summed E-state index contributed by atoms with van der Waals surface area (Å²) in [5.41, 5.74) is 1.89. The van der Waals surface area contributed by atoms with Gasteiger partial charge in [0.2, 0.25) is 0 Å². The highest BCUT2D eigenvalue weighted by Gasteiger charge is 2.07. The number of nitrogens with zero attached hydrogens (tertiary/aromatic N) is 1. The van der Waals surface area contributed by atoms with E-state index in [1.165, 1.54) is 0 Å². The number of rotatable bonds is 0. The molecular formula is C15H12FN. The van der Waals surface area contributed by atoms with Gasteiger partial charge in [0.1, 0.15) is 5.82 Å². The Morgan fingerprint density at radius 3 is 2.59 bits per heavy atom. The molecule has 0 amide bonds. The van der Waals surface area contributed by atoms with E-state index < -0.39 is 0 Å². The second-order valence-electron chi connectivity index (χ2n) is 4.46. The van der Waals surface area contributed by atoms with Crippen LogP contribution >= 0.6 is 0 Å². The van der Waals surface area contributed by atoms with Crippen LogP contribution in [0.5, 0.6) is 0 Å². The summed E-state index contributed by atoms with van der Waals surface area (Å²) in [6.45, 7) is 3.84. The lowest BCUT2D eigenvalue weighted by Gasteiger charge is -2.06. The zero-order valence-corrected chi connectivity index (χ0v) is 9.79. The number of hydrogen-bond donors (Lipinski definition) is 0. The van der Waals surface area contributed by atoms with Gasteiger partial charge in [-0.1, -0.05) is 18.2 Å². The summed E-state index contributed by atoms with van der Waals surface area (Å²) in [7, 11) is 0. The van der Waals surface area contributed by atoms with Gasteiger partial charge in [-0.05, 0) is 42.3 Å². The summed E-state index contributed by atoms with van der Waals surface area (Å²) in [6.07, 6.45) is 1.76. The molecule has 2 aromatic carbocycles. The van der Waals surface area contributed by atoms with Crippen molar-refractivity contribution >= 4 is 21.5 Å². The maximum Gasteiger partial charge on any atom is 0.131 e. The molecule has 0 fully saturated rings. The van der Waals surface area contributed by atoms with Crippen LogP contribution in [0.3, 0.4) is 0 Å². The van der Waals surface area contributed by atoms with Crippen molar-refractivity contribution in [2.45, 2.75) is 13.8 Å². The van der Waals surface area contributed by atoms with Gasteiger partial charge in [-0.2, -0.15) is 0 Å². The summed E-state index contributed by atoms with van der Waals surface area (Å²) in [6, 6.07) is 9.53. The van der Waals surface area contributed by atoms with Crippen LogP contribution in [0.2, 0.25) is 0 Å². The Hall–Kier alpha value is -1.96. The van der Waals surface area contributed by atoms with Gasteiger partial charge >= 0.3 is 0 Å². The molecule has 0 N–H and O–H groups in total. The van der Waals surface area contributed by atoms with Gasteiger partial charge in [0.15, 0.2) is 0 Å². The molecule has 0 bridgehead atoms. The van der Waals surface area contributed by atoms with Crippen molar-refractivity contribution in [3.8, 4) is 0 Å². The lowest BCUT2D eigenvalue weighted by molar-refractivity contribution is 0.639. The molecular weight excluding hydrogens is 213 g/mol. The van der Waals surface area contributed by atoms with Crippen LogP contribution in [-0.2, 0) is 0 Å². The van der Waals surface area contributed by atoms with Gasteiger partial charge in [0.05, 0.1) is 0 Å². The molecule has 84 valence electrons. The monoisotopic (exact) mass is 225 g/mol. The molecule has 1 heterocycles. The van der Waals surface area contributed by atoms with E-state index in [1.54, 1.807) is 12.3 Å². The number of aryl methyl sites for hydroxylation is 2. The third-order valence-corrected chi connectivity index (χ3v) is 3.05. The molecule has 0 saturated heterocycles. The highest BCUT2D eigenvalue weighted by molar-refractivity contribution is 6.07. The van der Waals surface area contributed by atoms with Crippen LogP contribution < -0.4 is 0 Å². The molecule has 0 saturated carbocycles. The molecule has 1 nitrogen and oxygen atoms in total. The first-order valence-electron chi connectivity index (χ1n) is 5.60. The van der Waals surface area contributed by atoms with E-state index in [4.69, 9.17) is 0 Å². The number of hydrogen-bond acceptors (Lipinski definition) is 1. The second-order valence-corrected chi connectivity index (χ2v) is 4.46. The Labute approximate surface area is 98.9 Å². The summed E-state index contributed by atoms with van der Waals surface area (Å²) >= 11 is 0. The van der Waals surface area contributed by atoms with Crippen molar-refractivity contribution in [2.24, 2.45) is 0 Å². The van der Waals surface area contributed by atoms with E-state index in [-0.39, 0.29) is 5.82 Å². The number of halogens is 1. The van der Waals surface area contributed by atoms with Crippen molar-refractivity contribution in [3.63, 3.8) is 0 Å². The minimum atomic E-state index is -0.170. The molecule has 0 aliphatic carbocycles. The highest BCUT2D eigenvalue weighted by atomic mass is 19.1. The third kappa shape index (κ3) is 1.57. The summed E-state index contributed by atoms with van der Waals surface area (Å²) in [5.74, 6) is -0.170. The average Bonchev–Trinajstić information content (AvgIpc) is 2.28. The topological polar surface area (TPSA) is 12.9 Å². The Morgan fingerprint density at radius 2 is 1.76 bits per heavy atom. The number of fused-ring (bicyclic) bond motifs is 3. The first-order valence-corrected chi connectivity index (χ1v) is 5.60. The maximum atomic E-state index is 14.0. The summed E-state index contributed by atoms with van der Waals surface area (Å²) in [5, 5.41) is 3.51. The molecule has 0 radical (unpaired) electrons. The summed E-state index contributed by atoms with van der Waals surface area (Å²) in [4.78, 5) is 4.25. The maximum absolute atomic E-state index is 14.0. The standard InChI is InChI=1S/C15H12FN/c1-9-5-12-4-3-11-7-10(2)17-8-13(11)15(12)14(16)6-9/h3-8H,1-2H3. The van der Waals surface area contributed by atoms with Crippen molar-refractivity contribution in [1.29, 1.82) is 0 Å². The molecule has 0 unspecified atom stereocenters. The zero-order chi connectivity index (χ0) is 12.0. The number of pyridine rings is 1. The molecule has 1 aromatic heterocycles. The predicted octanol–water partition coefficient (Wildman–Crippen LogP) is 4.14. The Kier molecular flexibility index (Phi) is 2.11. The minimum absolute atomic E-state index is 0.170. The van der Waals surface area contributed by atoms with Crippen LogP contribution in [0.25, 0.3) is 21.5 Å². The predicted molar refractivity (Wildman–Crippen MR) is 68.7 cm³/mol. The third-order valence-electron chi connectivity index (χ3n) is 3.05. The van der Waals surface area contributed by atoms with E-state index in [0.29, 0.717) is 5.39 Å². The Balaban J connectivity index is 2.55. The Bertz CT molecular complexity index is 732. The van der Waals surface area contributed by atoms with Crippen LogP contribution in [0, 0.1) is 19.7 Å². The van der Waals surface area contributed by atoms with Crippen LogP contribution in [0.15, 0.2) is 36.5 Å². The van der Waals surface area contributed by atoms with E-state index in [0.717, 1.165) is 27.4 Å². The van der Waals surface area contributed by atoms with E-state index in [2.05, 4.69) is 4.98 Å². The molecule has 3 aromatic rings. The van der Waals surface area contributed by atoms with Gasteiger partial charge in [-0.25, -0.2) is 4.39 Å². The summed E-state index contributed by atoms with van der Waals surface area (Å²) < 4.78 is 14.0. The van der Waals surface area contributed by atoms with Crippen LogP contribution in [0.1, 0.15) is 11.3 Å². The van der Waals surface area contributed by atoms with E-state index >= 15 is 0 Å².